The molecule has 1 saturated heterocycles. The van der Waals surface area contributed by atoms with Crippen LogP contribution in [-0.2, 0) is 0 Å². The number of aliphatic hydroxyl groups excluding tert-OH is 1. The third-order valence-electron chi connectivity index (χ3n) is 3.38. The SMILES string of the molecule is Cc1ccc2c(c1)NCC1CC(O)CN21. The van der Waals surface area contributed by atoms with Crippen LogP contribution in [0.25, 0.3) is 0 Å². The smallest absolute Gasteiger partial charge is 0.0735 e. The highest BCUT2D eigenvalue weighted by Crippen LogP contribution is 2.36. The van der Waals surface area contributed by atoms with Gasteiger partial charge < -0.3 is 15.3 Å². The Morgan fingerprint density at radius 3 is 3.20 bits per heavy atom. The van der Waals surface area contributed by atoms with Crippen LogP contribution >= 0.6 is 0 Å². The molecule has 0 spiro atoms. The van der Waals surface area contributed by atoms with E-state index in [-0.39, 0.29) is 6.10 Å². The zero-order valence-electron chi connectivity index (χ0n) is 8.90. The van der Waals surface area contributed by atoms with E-state index in [0.29, 0.717) is 6.04 Å². The highest BCUT2D eigenvalue weighted by molar-refractivity contribution is 5.74. The second-order valence-electron chi connectivity index (χ2n) is 4.60. The molecule has 1 aromatic carbocycles. The Bertz CT molecular complexity index is 391. The van der Waals surface area contributed by atoms with Gasteiger partial charge in [0.05, 0.1) is 17.5 Å². The lowest BCUT2D eigenvalue weighted by molar-refractivity contribution is 0.195. The van der Waals surface area contributed by atoms with E-state index in [0.717, 1.165) is 19.5 Å². The molecule has 0 aromatic heterocycles. The predicted octanol–water partition coefficient (Wildman–Crippen LogP) is 1.36. The van der Waals surface area contributed by atoms with Crippen molar-refractivity contribution in [1.82, 2.24) is 0 Å². The van der Waals surface area contributed by atoms with Gasteiger partial charge in [-0.2, -0.15) is 0 Å². The fourth-order valence-corrected chi connectivity index (χ4v) is 2.65. The lowest BCUT2D eigenvalue weighted by Gasteiger charge is -2.34. The summed E-state index contributed by atoms with van der Waals surface area (Å²) in [5.41, 5.74) is 3.73. The van der Waals surface area contributed by atoms with Crippen LogP contribution in [-0.4, -0.2) is 30.3 Å². The fraction of sp³-hybridized carbons (Fsp3) is 0.500. The summed E-state index contributed by atoms with van der Waals surface area (Å²) < 4.78 is 0. The molecule has 1 fully saturated rings. The highest BCUT2D eigenvalue weighted by atomic mass is 16.3. The number of fused-ring (bicyclic) bond motifs is 3. The van der Waals surface area contributed by atoms with E-state index >= 15 is 0 Å². The Kier molecular flexibility index (Phi) is 1.89. The van der Waals surface area contributed by atoms with E-state index in [4.69, 9.17) is 0 Å². The average Bonchev–Trinajstić information content (AvgIpc) is 2.58. The predicted molar refractivity (Wildman–Crippen MR) is 61.4 cm³/mol. The average molecular weight is 204 g/mol. The topological polar surface area (TPSA) is 35.5 Å². The van der Waals surface area contributed by atoms with Gasteiger partial charge in [-0.1, -0.05) is 6.07 Å². The number of benzene rings is 1. The minimum atomic E-state index is -0.163. The maximum Gasteiger partial charge on any atom is 0.0735 e. The molecule has 2 heterocycles. The van der Waals surface area contributed by atoms with E-state index in [2.05, 4.69) is 35.3 Å². The van der Waals surface area contributed by atoms with Crippen molar-refractivity contribution in [2.24, 2.45) is 0 Å². The number of rotatable bonds is 0. The monoisotopic (exact) mass is 204 g/mol. The summed E-state index contributed by atoms with van der Waals surface area (Å²) in [5, 5.41) is 13.1. The first-order chi connectivity index (χ1) is 7.24. The normalized spacial score (nSPS) is 28.3. The molecule has 2 N–H and O–H groups in total. The molecular formula is C12H16N2O. The van der Waals surface area contributed by atoms with Gasteiger partial charge in [0.15, 0.2) is 0 Å². The molecule has 0 amide bonds. The number of hydrogen-bond acceptors (Lipinski definition) is 3. The van der Waals surface area contributed by atoms with Crippen molar-refractivity contribution in [3.05, 3.63) is 23.8 Å². The van der Waals surface area contributed by atoms with Gasteiger partial charge in [-0.25, -0.2) is 0 Å². The maximum absolute atomic E-state index is 9.67. The van der Waals surface area contributed by atoms with Gasteiger partial charge in [0, 0.05) is 19.1 Å². The minimum Gasteiger partial charge on any atom is -0.391 e. The summed E-state index contributed by atoms with van der Waals surface area (Å²) in [5.74, 6) is 0. The van der Waals surface area contributed by atoms with Crippen molar-refractivity contribution in [2.45, 2.75) is 25.5 Å². The summed E-state index contributed by atoms with van der Waals surface area (Å²) in [6, 6.07) is 6.93. The molecule has 0 aliphatic carbocycles. The van der Waals surface area contributed by atoms with Crippen molar-refractivity contribution < 1.29 is 5.11 Å². The van der Waals surface area contributed by atoms with Gasteiger partial charge in [0.2, 0.25) is 0 Å². The number of aryl methyl sites for hydroxylation is 1. The number of nitrogens with one attached hydrogen (secondary N) is 1. The highest BCUT2D eigenvalue weighted by Gasteiger charge is 2.34. The molecule has 2 atom stereocenters. The van der Waals surface area contributed by atoms with Gasteiger partial charge in [0.25, 0.3) is 0 Å². The van der Waals surface area contributed by atoms with Crippen molar-refractivity contribution in [3.8, 4) is 0 Å². The van der Waals surface area contributed by atoms with Crippen LogP contribution in [0.2, 0.25) is 0 Å². The Balaban J connectivity index is 2.01. The van der Waals surface area contributed by atoms with Gasteiger partial charge in [0.1, 0.15) is 0 Å². The summed E-state index contributed by atoms with van der Waals surface area (Å²) >= 11 is 0. The zero-order chi connectivity index (χ0) is 10.4. The van der Waals surface area contributed by atoms with Gasteiger partial charge in [-0.15, -0.1) is 0 Å². The molecule has 0 bridgehead atoms. The molecule has 0 saturated carbocycles. The van der Waals surface area contributed by atoms with E-state index in [1.807, 2.05) is 0 Å². The van der Waals surface area contributed by atoms with Crippen molar-refractivity contribution >= 4 is 11.4 Å². The number of nitrogens with zero attached hydrogens (tertiary/aromatic N) is 1. The van der Waals surface area contributed by atoms with E-state index < -0.39 is 0 Å². The van der Waals surface area contributed by atoms with Crippen LogP contribution in [0.4, 0.5) is 11.4 Å². The zero-order valence-corrected chi connectivity index (χ0v) is 8.90. The number of anilines is 2. The molecule has 2 aliphatic rings. The molecule has 3 nitrogen and oxygen atoms in total. The molecule has 3 heteroatoms. The van der Waals surface area contributed by atoms with Gasteiger partial charge >= 0.3 is 0 Å². The van der Waals surface area contributed by atoms with Crippen LogP contribution < -0.4 is 10.2 Å². The number of hydrogen-bond donors (Lipinski definition) is 2. The molecule has 2 aliphatic heterocycles. The van der Waals surface area contributed by atoms with Crippen LogP contribution in [0.5, 0.6) is 0 Å². The Hall–Kier alpha value is -1.22. The molecule has 3 rings (SSSR count). The second kappa shape index (κ2) is 3.14. The van der Waals surface area contributed by atoms with Crippen molar-refractivity contribution in [3.63, 3.8) is 0 Å². The van der Waals surface area contributed by atoms with E-state index in [1.165, 1.54) is 16.9 Å². The third kappa shape index (κ3) is 1.38. The lowest BCUT2D eigenvalue weighted by atomic mass is 10.1. The maximum atomic E-state index is 9.67. The first kappa shape index (κ1) is 9.04. The number of aliphatic hydroxyl groups is 1. The first-order valence-corrected chi connectivity index (χ1v) is 5.53. The van der Waals surface area contributed by atoms with Crippen LogP contribution in [0, 0.1) is 6.92 Å². The summed E-state index contributed by atoms with van der Waals surface area (Å²) in [6.45, 7) is 3.84. The first-order valence-electron chi connectivity index (χ1n) is 5.53. The summed E-state index contributed by atoms with van der Waals surface area (Å²) in [4.78, 5) is 2.33. The molecule has 1 aromatic rings. The van der Waals surface area contributed by atoms with E-state index in [9.17, 15) is 5.11 Å². The lowest BCUT2D eigenvalue weighted by Crippen LogP contribution is -2.39. The van der Waals surface area contributed by atoms with Crippen molar-refractivity contribution in [2.75, 3.05) is 23.3 Å². The van der Waals surface area contributed by atoms with Crippen LogP contribution in [0.1, 0.15) is 12.0 Å². The molecule has 0 radical (unpaired) electrons. The van der Waals surface area contributed by atoms with Gasteiger partial charge in [-0.3, -0.25) is 0 Å². The van der Waals surface area contributed by atoms with Crippen molar-refractivity contribution in [1.29, 1.82) is 0 Å². The fourth-order valence-electron chi connectivity index (χ4n) is 2.65. The van der Waals surface area contributed by atoms with Gasteiger partial charge in [-0.05, 0) is 31.0 Å². The third-order valence-corrected chi connectivity index (χ3v) is 3.38. The Morgan fingerprint density at radius 2 is 2.33 bits per heavy atom. The quantitative estimate of drug-likeness (QED) is 0.670. The Labute approximate surface area is 89.7 Å². The molecular weight excluding hydrogens is 188 g/mol. The van der Waals surface area contributed by atoms with Crippen LogP contribution in [0.15, 0.2) is 18.2 Å². The second-order valence-corrected chi connectivity index (χ2v) is 4.60. The minimum absolute atomic E-state index is 0.163. The molecule has 2 unspecified atom stereocenters. The largest absolute Gasteiger partial charge is 0.391 e. The van der Waals surface area contributed by atoms with Crippen LogP contribution in [0.3, 0.4) is 0 Å². The standard InChI is InChI=1S/C12H16N2O/c1-8-2-3-12-11(4-8)13-6-9-5-10(15)7-14(9)12/h2-4,9-10,13,15H,5-7H2,1H3. The van der Waals surface area contributed by atoms with E-state index in [1.54, 1.807) is 0 Å². The summed E-state index contributed by atoms with van der Waals surface area (Å²) in [6.07, 6.45) is 0.726. The summed E-state index contributed by atoms with van der Waals surface area (Å²) in [7, 11) is 0. The molecule has 80 valence electrons. The molecule has 15 heavy (non-hydrogen) atoms. The Morgan fingerprint density at radius 1 is 1.47 bits per heavy atom.